The Labute approximate surface area is 116 Å². The number of amides is 1. The van der Waals surface area contributed by atoms with Gasteiger partial charge in [-0.2, -0.15) is 5.26 Å². The second-order valence-corrected chi connectivity index (χ2v) is 5.13. The van der Waals surface area contributed by atoms with Crippen molar-refractivity contribution in [2.24, 2.45) is 5.41 Å². The average molecular weight is 273 g/mol. The number of nitro benzene ring substituents is 1. The van der Waals surface area contributed by atoms with E-state index < -0.39 is 16.2 Å². The number of rotatable bonds is 3. The lowest BCUT2D eigenvalue weighted by Crippen LogP contribution is -2.32. The highest BCUT2D eigenvalue weighted by Crippen LogP contribution is 2.39. The minimum Gasteiger partial charge on any atom is -0.319 e. The summed E-state index contributed by atoms with van der Waals surface area (Å²) >= 11 is 0. The Hall–Kier alpha value is -2.42. The maximum absolute atomic E-state index is 12.3. The number of aryl methyl sites for hydroxylation is 1. The van der Waals surface area contributed by atoms with Crippen molar-refractivity contribution in [2.75, 3.05) is 5.32 Å². The molecule has 0 spiro atoms. The zero-order chi connectivity index (χ0) is 14.8. The van der Waals surface area contributed by atoms with Gasteiger partial charge in [0.25, 0.3) is 5.69 Å². The van der Waals surface area contributed by atoms with Crippen molar-refractivity contribution in [1.29, 1.82) is 5.26 Å². The predicted molar refractivity (Wildman–Crippen MR) is 73.0 cm³/mol. The molecule has 1 fully saturated rings. The molecule has 0 heterocycles. The Morgan fingerprint density at radius 1 is 1.45 bits per heavy atom. The lowest BCUT2D eigenvalue weighted by Gasteiger charge is -2.19. The van der Waals surface area contributed by atoms with Crippen LogP contribution in [0.2, 0.25) is 0 Å². The highest BCUT2D eigenvalue weighted by Gasteiger charge is 2.42. The van der Waals surface area contributed by atoms with Crippen molar-refractivity contribution in [3.63, 3.8) is 0 Å². The van der Waals surface area contributed by atoms with Gasteiger partial charge in [-0.3, -0.25) is 14.9 Å². The Balaban J connectivity index is 2.30. The van der Waals surface area contributed by atoms with Gasteiger partial charge in [0, 0.05) is 6.07 Å². The molecule has 1 N–H and O–H groups in total. The fourth-order valence-corrected chi connectivity index (χ4v) is 2.52. The number of anilines is 1. The monoisotopic (exact) mass is 273 g/mol. The maximum Gasteiger partial charge on any atom is 0.292 e. The van der Waals surface area contributed by atoms with Gasteiger partial charge < -0.3 is 5.32 Å². The van der Waals surface area contributed by atoms with Gasteiger partial charge in [-0.15, -0.1) is 0 Å². The van der Waals surface area contributed by atoms with Gasteiger partial charge in [0.05, 0.1) is 11.0 Å². The molecule has 0 atom stereocenters. The fourth-order valence-electron chi connectivity index (χ4n) is 2.52. The molecule has 1 aliphatic rings. The predicted octanol–water partition coefficient (Wildman–Crippen LogP) is 2.93. The van der Waals surface area contributed by atoms with Gasteiger partial charge in [-0.25, -0.2) is 0 Å². The Morgan fingerprint density at radius 2 is 2.10 bits per heavy atom. The van der Waals surface area contributed by atoms with Crippen LogP contribution in [0.1, 0.15) is 31.2 Å². The van der Waals surface area contributed by atoms with Gasteiger partial charge in [-0.05, 0) is 31.4 Å². The number of hydrogen-bond donors (Lipinski definition) is 1. The number of carbonyl (C=O) groups is 1. The number of nitrogens with one attached hydrogen (secondary N) is 1. The summed E-state index contributed by atoms with van der Waals surface area (Å²) in [7, 11) is 0. The van der Waals surface area contributed by atoms with Crippen molar-refractivity contribution in [3.8, 4) is 6.07 Å². The summed E-state index contributed by atoms with van der Waals surface area (Å²) in [5, 5.41) is 22.8. The molecule has 104 valence electrons. The van der Waals surface area contributed by atoms with Crippen LogP contribution in [0.25, 0.3) is 0 Å². The lowest BCUT2D eigenvalue weighted by atomic mass is 9.87. The minimum absolute atomic E-state index is 0.154. The molecule has 1 amide bonds. The zero-order valence-electron chi connectivity index (χ0n) is 11.2. The maximum atomic E-state index is 12.3. The number of hydrogen-bond acceptors (Lipinski definition) is 4. The van der Waals surface area contributed by atoms with E-state index in [1.54, 1.807) is 19.1 Å². The first-order valence-electron chi connectivity index (χ1n) is 6.46. The van der Waals surface area contributed by atoms with Gasteiger partial charge in [0.1, 0.15) is 11.1 Å². The summed E-state index contributed by atoms with van der Waals surface area (Å²) in [5.41, 5.74) is -0.239. The van der Waals surface area contributed by atoms with E-state index in [-0.39, 0.29) is 11.4 Å². The van der Waals surface area contributed by atoms with Gasteiger partial charge in [0.15, 0.2) is 0 Å². The Bertz CT molecular complexity index is 598. The highest BCUT2D eigenvalue weighted by molar-refractivity contribution is 5.99. The molecule has 1 saturated carbocycles. The quantitative estimate of drug-likeness (QED) is 0.676. The molecule has 6 nitrogen and oxygen atoms in total. The summed E-state index contributed by atoms with van der Waals surface area (Å²) in [6.07, 6.45) is 2.68. The standard InChI is InChI=1S/C14H15N3O3/c1-10-4-5-12(17(19)20)11(8-10)16-13(18)14(9-15)6-2-3-7-14/h4-5,8H,2-3,6-7H2,1H3,(H,16,18). The van der Waals surface area contributed by atoms with E-state index in [0.717, 1.165) is 18.4 Å². The average Bonchev–Trinajstić information content (AvgIpc) is 2.88. The van der Waals surface area contributed by atoms with E-state index in [9.17, 15) is 20.2 Å². The summed E-state index contributed by atoms with van der Waals surface area (Å²) in [6, 6.07) is 6.60. The van der Waals surface area contributed by atoms with Crippen LogP contribution < -0.4 is 5.32 Å². The SMILES string of the molecule is Cc1ccc([N+](=O)[O-])c(NC(=O)C2(C#N)CCCC2)c1. The first-order chi connectivity index (χ1) is 9.48. The summed E-state index contributed by atoms with van der Waals surface area (Å²) in [6.45, 7) is 1.79. The zero-order valence-corrected chi connectivity index (χ0v) is 11.2. The van der Waals surface area contributed by atoms with Gasteiger partial charge in [0.2, 0.25) is 5.91 Å². The van der Waals surface area contributed by atoms with E-state index in [2.05, 4.69) is 11.4 Å². The molecule has 2 rings (SSSR count). The van der Waals surface area contributed by atoms with Gasteiger partial charge >= 0.3 is 0 Å². The van der Waals surface area contributed by atoms with Crippen molar-refractivity contribution < 1.29 is 9.72 Å². The topological polar surface area (TPSA) is 96.0 Å². The van der Waals surface area contributed by atoms with E-state index in [4.69, 9.17) is 0 Å². The second-order valence-electron chi connectivity index (χ2n) is 5.13. The van der Waals surface area contributed by atoms with E-state index in [1.165, 1.54) is 6.07 Å². The van der Waals surface area contributed by atoms with Crippen LogP contribution in [0.5, 0.6) is 0 Å². The summed E-state index contributed by atoms with van der Waals surface area (Å²) in [4.78, 5) is 22.7. The van der Waals surface area contributed by atoms with Crippen molar-refractivity contribution in [2.45, 2.75) is 32.6 Å². The molecule has 0 bridgehead atoms. The first kappa shape index (κ1) is 14.0. The van der Waals surface area contributed by atoms with Crippen LogP contribution in [0.4, 0.5) is 11.4 Å². The smallest absolute Gasteiger partial charge is 0.292 e. The molecule has 0 saturated heterocycles. The third kappa shape index (κ3) is 2.48. The minimum atomic E-state index is -1.04. The first-order valence-corrected chi connectivity index (χ1v) is 6.46. The van der Waals surface area contributed by atoms with Crippen LogP contribution in [0.15, 0.2) is 18.2 Å². The Kier molecular flexibility index (Phi) is 3.70. The molecule has 0 aliphatic heterocycles. The van der Waals surface area contributed by atoms with Crippen molar-refractivity contribution in [3.05, 3.63) is 33.9 Å². The molecule has 0 aromatic heterocycles. The van der Waals surface area contributed by atoms with Crippen LogP contribution in [-0.4, -0.2) is 10.8 Å². The van der Waals surface area contributed by atoms with Crippen LogP contribution >= 0.6 is 0 Å². The summed E-state index contributed by atoms with van der Waals surface area (Å²) < 4.78 is 0. The number of nitro groups is 1. The fraction of sp³-hybridized carbons (Fsp3) is 0.429. The van der Waals surface area contributed by atoms with Crippen LogP contribution in [0.3, 0.4) is 0 Å². The van der Waals surface area contributed by atoms with E-state index in [1.807, 2.05) is 0 Å². The van der Waals surface area contributed by atoms with Crippen LogP contribution in [0, 0.1) is 33.8 Å². The molecule has 0 unspecified atom stereocenters. The number of nitriles is 1. The van der Waals surface area contributed by atoms with Gasteiger partial charge in [-0.1, -0.05) is 18.9 Å². The molecular weight excluding hydrogens is 258 g/mol. The lowest BCUT2D eigenvalue weighted by molar-refractivity contribution is -0.383. The number of benzene rings is 1. The molecular formula is C14H15N3O3. The second kappa shape index (κ2) is 5.29. The summed E-state index contributed by atoms with van der Waals surface area (Å²) in [5.74, 6) is -0.439. The molecule has 0 radical (unpaired) electrons. The number of nitrogens with zero attached hydrogens (tertiary/aromatic N) is 2. The van der Waals surface area contributed by atoms with Crippen LogP contribution in [-0.2, 0) is 4.79 Å². The third-order valence-corrected chi connectivity index (χ3v) is 3.70. The largest absolute Gasteiger partial charge is 0.319 e. The third-order valence-electron chi connectivity index (χ3n) is 3.70. The molecule has 6 heteroatoms. The number of carbonyl (C=O) groups excluding carboxylic acids is 1. The molecule has 1 aliphatic carbocycles. The van der Waals surface area contributed by atoms with E-state index in [0.29, 0.717) is 12.8 Å². The van der Waals surface area contributed by atoms with Crippen molar-refractivity contribution >= 4 is 17.3 Å². The highest BCUT2D eigenvalue weighted by atomic mass is 16.6. The molecule has 1 aromatic rings. The molecule has 20 heavy (non-hydrogen) atoms. The van der Waals surface area contributed by atoms with E-state index >= 15 is 0 Å². The van der Waals surface area contributed by atoms with Crippen molar-refractivity contribution in [1.82, 2.24) is 0 Å². The normalized spacial score (nSPS) is 16.4. The molecule has 1 aromatic carbocycles. The Morgan fingerprint density at radius 3 is 2.65 bits per heavy atom.